The second kappa shape index (κ2) is 7.03. The molecule has 1 amide bonds. The molecule has 0 bridgehead atoms. The van der Waals surface area contributed by atoms with Crippen molar-refractivity contribution in [1.29, 1.82) is 0 Å². The van der Waals surface area contributed by atoms with E-state index in [9.17, 15) is 4.79 Å². The molecule has 2 aliphatic heterocycles. The number of fused-ring (bicyclic) bond motifs is 1. The van der Waals surface area contributed by atoms with Crippen LogP contribution in [0.25, 0.3) is 0 Å². The molecule has 0 spiro atoms. The molecule has 0 aliphatic carbocycles. The Bertz CT molecular complexity index is 488. The van der Waals surface area contributed by atoms with Gasteiger partial charge in [0.05, 0.1) is 11.4 Å². The lowest BCUT2D eigenvalue weighted by molar-refractivity contribution is -0.133. The van der Waals surface area contributed by atoms with E-state index in [1.54, 1.807) is 0 Å². The van der Waals surface area contributed by atoms with Gasteiger partial charge in [-0.3, -0.25) is 4.79 Å². The Morgan fingerprint density at radius 1 is 1.14 bits per heavy atom. The minimum Gasteiger partial charge on any atom is -0.382 e. The molecule has 2 heterocycles. The van der Waals surface area contributed by atoms with Crippen LogP contribution in [0.3, 0.4) is 0 Å². The Morgan fingerprint density at radius 2 is 1.86 bits per heavy atom. The molecule has 1 fully saturated rings. The second-order valence-corrected chi connectivity index (χ2v) is 5.70. The maximum absolute atomic E-state index is 12.7. The van der Waals surface area contributed by atoms with Crippen LogP contribution < -0.4 is 10.2 Å². The second-order valence-electron chi connectivity index (χ2n) is 5.70. The van der Waals surface area contributed by atoms with Crippen molar-refractivity contribution in [1.82, 2.24) is 4.90 Å². The number of benzene rings is 1. The summed E-state index contributed by atoms with van der Waals surface area (Å²) in [7, 11) is 0. The highest BCUT2D eigenvalue weighted by atomic mass is 35.5. The molecule has 1 aromatic carbocycles. The maximum Gasteiger partial charge on any atom is 0.244 e. The number of nitrogens with zero attached hydrogens (tertiary/aromatic N) is 2. The van der Waals surface area contributed by atoms with Crippen LogP contribution in [0, 0.1) is 0 Å². The number of halogens is 1. The van der Waals surface area contributed by atoms with Crippen LogP contribution in [0.1, 0.15) is 26.2 Å². The number of piperidine rings is 1. The third kappa shape index (κ3) is 3.26. The Balaban J connectivity index is 0.00000161. The summed E-state index contributed by atoms with van der Waals surface area (Å²) >= 11 is 0. The van der Waals surface area contributed by atoms with Crippen molar-refractivity contribution in [2.45, 2.75) is 32.2 Å². The molecule has 3 rings (SSSR count). The summed E-state index contributed by atoms with van der Waals surface area (Å²) in [6, 6.07) is 8.18. The zero-order valence-electron chi connectivity index (χ0n) is 12.5. The molecule has 0 aromatic heterocycles. The van der Waals surface area contributed by atoms with E-state index in [2.05, 4.69) is 22.3 Å². The van der Waals surface area contributed by atoms with Gasteiger partial charge < -0.3 is 15.1 Å². The highest BCUT2D eigenvalue weighted by molar-refractivity contribution is 5.87. The third-order valence-electron chi connectivity index (χ3n) is 4.37. The van der Waals surface area contributed by atoms with E-state index in [0.717, 1.165) is 50.4 Å². The summed E-state index contributed by atoms with van der Waals surface area (Å²) in [5, 5.41) is 3.40. The van der Waals surface area contributed by atoms with Crippen LogP contribution in [-0.2, 0) is 4.79 Å². The van der Waals surface area contributed by atoms with Crippen molar-refractivity contribution in [2.24, 2.45) is 0 Å². The van der Waals surface area contributed by atoms with Gasteiger partial charge in [0.1, 0.15) is 6.04 Å². The first kappa shape index (κ1) is 16.0. The van der Waals surface area contributed by atoms with Crippen LogP contribution in [0.15, 0.2) is 24.3 Å². The van der Waals surface area contributed by atoms with E-state index in [1.807, 2.05) is 24.0 Å². The molecule has 0 saturated carbocycles. The van der Waals surface area contributed by atoms with Crippen molar-refractivity contribution in [2.75, 3.05) is 36.4 Å². The van der Waals surface area contributed by atoms with Gasteiger partial charge in [0, 0.05) is 26.2 Å². The Hall–Kier alpha value is -1.42. The maximum atomic E-state index is 12.7. The number of para-hydroxylation sites is 2. The van der Waals surface area contributed by atoms with Crippen LogP contribution in [0.4, 0.5) is 11.4 Å². The largest absolute Gasteiger partial charge is 0.382 e. The van der Waals surface area contributed by atoms with Crippen molar-refractivity contribution in [3.63, 3.8) is 0 Å². The van der Waals surface area contributed by atoms with Gasteiger partial charge >= 0.3 is 0 Å². The number of rotatable bonds is 2. The first-order valence-corrected chi connectivity index (χ1v) is 7.66. The normalized spacial score (nSPS) is 19.1. The summed E-state index contributed by atoms with van der Waals surface area (Å²) in [5.41, 5.74) is 2.29. The van der Waals surface area contributed by atoms with Crippen LogP contribution >= 0.6 is 12.4 Å². The number of hydrogen-bond acceptors (Lipinski definition) is 3. The quantitative estimate of drug-likeness (QED) is 0.912. The lowest BCUT2D eigenvalue weighted by atomic mass is 10.1. The first-order valence-electron chi connectivity index (χ1n) is 7.66. The average Bonchev–Trinajstić information content (AvgIpc) is 2.54. The fourth-order valence-corrected chi connectivity index (χ4v) is 3.22. The van der Waals surface area contributed by atoms with E-state index in [1.165, 1.54) is 6.42 Å². The molecule has 1 N–H and O–H groups in total. The summed E-state index contributed by atoms with van der Waals surface area (Å²) in [5.74, 6) is 0.279. The van der Waals surface area contributed by atoms with Crippen molar-refractivity contribution >= 4 is 29.7 Å². The SMILES string of the molecule is CC(C(=O)N1CCCCC1)N1CCNc2ccccc21.Cl. The third-order valence-corrected chi connectivity index (χ3v) is 4.37. The zero-order chi connectivity index (χ0) is 13.9. The number of hydrogen-bond donors (Lipinski definition) is 1. The predicted octanol–water partition coefficient (Wildman–Crippen LogP) is 2.74. The molecular formula is C16H24ClN3O. The molecule has 21 heavy (non-hydrogen) atoms. The number of amides is 1. The molecule has 1 saturated heterocycles. The van der Waals surface area contributed by atoms with Gasteiger partial charge in [-0.25, -0.2) is 0 Å². The Kier molecular flexibility index (Phi) is 5.34. The average molecular weight is 310 g/mol. The Morgan fingerprint density at radius 3 is 2.62 bits per heavy atom. The van der Waals surface area contributed by atoms with Crippen LogP contribution in [0.2, 0.25) is 0 Å². The molecule has 2 aliphatic rings. The summed E-state index contributed by atoms with van der Waals surface area (Å²) < 4.78 is 0. The van der Waals surface area contributed by atoms with Crippen molar-refractivity contribution < 1.29 is 4.79 Å². The number of anilines is 2. The number of likely N-dealkylation sites (tertiary alicyclic amines) is 1. The molecular weight excluding hydrogens is 286 g/mol. The highest BCUT2D eigenvalue weighted by Crippen LogP contribution is 2.30. The summed E-state index contributed by atoms with van der Waals surface area (Å²) in [6.45, 7) is 5.68. The minimum atomic E-state index is -0.0728. The lowest BCUT2D eigenvalue weighted by Crippen LogP contribution is -2.51. The Labute approximate surface area is 132 Å². The molecule has 5 heteroatoms. The van der Waals surface area contributed by atoms with Gasteiger partial charge in [-0.2, -0.15) is 0 Å². The van der Waals surface area contributed by atoms with E-state index in [-0.39, 0.29) is 24.4 Å². The van der Waals surface area contributed by atoms with Gasteiger partial charge in [-0.15, -0.1) is 12.4 Å². The predicted molar refractivity (Wildman–Crippen MR) is 89.4 cm³/mol. The van der Waals surface area contributed by atoms with E-state index >= 15 is 0 Å². The smallest absolute Gasteiger partial charge is 0.244 e. The van der Waals surface area contributed by atoms with E-state index in [0.29, 0.717) is 0 Å². The standard InChI is InChI=1S/C16H23N3O.ClH/c1-13(16(20)18-10-5-2-6-11-18)19-12-9-17-14-7-3-4-8-15(14)19;/h3-4,7-8,13,17H,2,5-6,9-12H2,1H3;1H. The summed E-state index contributed by atoms with van der Waals surface area (Å²) in [6.07, 6.45) is 3.56. The number of carbonyl (C=O) groups excluding carboxylic acids is 1. The topological polar surface area (TPSA) is 35.6 Å². The van der Waals surface area contributed by atoms with Crippen LogP contribution in [0.5, 0.6) is 0 Å². The molecule has 1 aromatic rings. The van der Waals surface area contributed by atoms with Gasteiger partial charge in [0.25, 0.3) is 0 Å². The van der Waals surface area contributed by atoms with Crippen LogP contribution in [-0.4, -0.2) is 43.0 Å². The first-order chi connectivity index (χ1) is 9.77. The number of carbonyl (C=O) groups is 1. The molecule has 0 radical (unpaired) electrons. The molecule has 1 unspecified atom stereocenters. The molecule has 1 atom stereocenters. The van der Waals surface area contributed by atoms with E-state index in [4.69, 9.17) is 0 Å². The molecule has 4 nitrogen and oxygen atoms in total. The van der Waals surface area contributed by atoms with Gasteiger partial charge in [-0.05, 0) is 38.3 Å². The van der Waals surface area contributed by atoms with Crippen molar-refractivity contribution in [3.8, 4) is 0 Å². The summed E-state index contributed by atoms with van der Waals surface area (Å²) in [4.78, 5) is 17.0. The highest BCUT2D eigenvalue weighted by Gasteiger charge is 2.29. The molecule has 116 valence electrons. The van der Waals surface area contributed by atoms with Gasteiger partial charge in [-0.1, -0.05) is 12.1 Å². The fraction of sp³-hybridized carbons (Fsp3) is 0.562. The van der Waals surface area contributed by atoms with Gasteiger partial charge in [0.15, 0.2) is 0 Å². The number of nitrogens with one attached hydrogen (secondary N) is 1. The lowest BCUT2D eigenvalue weighted by Gasteiger charge is -2.38. The van der Waals surface area contributed by atoms with E-state index < -0.39 is 0 Å². The minimum absolute atomic E-state index is 0. The fourth-order valence-electron chi connectivity index (χ4n) is 3.22. The zero-order valence-corrected chi connectivity index (χ0v) is 13.4. The van der Waals surface area contributed by atoms with Crippen molar-refractivity contribution in [3.05, 3.63) is 24.3 Å². The van der Waals surface area contributed by atoms with Gasteiger partial charge in [0.2, 0.25) is 5.91 Å². The monoisotopic (exact) mass is 309 g/mol.